The lowest BCUT2D eigenvalue weighted by Gasteiger charge is -2.27. The molecule has 1 fully saturated rings. The molecule has 8 heteroatoms. The summed E-state index contributed by atoms with van der Waals surface area (Å²) in [6, 6.07) is 15.1. The highest BCUT2D eigenvalue weighted by atomic mass is 35.5. The second-order valence-corrected chi connectivity index (χ2v) is 7.45. The number of carbonyl (C=O) groups excluding carboxylic acids is 3. The first-order valence-electron chi connectivity index (χ1n) is 9.58. The third-order valence-electron chi connectivity index (χ3n) is 5.58. The Labute approximate surface area is 178 Å². The Morgan fingerprint density at radius 3 is 2.17 bits per heavy atom. The van der Waals surface area contributed by atoms with Gasteiger partial charge in [-0.05, 0) is 28.7 Å². The zero-order valence-electron chi connectivity index (χ0n) is 16.2. The highest BCUT2D eigenvalue weighted by molar-refractivity contribution is 6.61. The van der Waals surface area contributed by atoms with Gasteiger partial charge < -0.3 is 14.2 Å². The van der Waals surface area contributed by atoms with Crippen LogP contribution in [0.3, 0.4) is 0 Å². The first-order valence-corrected chi connectivity index (χ1v) is 9.96. The van der Waals surface area contributed by atoms with Crippen LogP contribution in [-0.2, 0) is 19.0 Å². The van der Waals surface area contributed by atoms with E-state index < -0.39 is 29.8 Å². The van der Waals surface area contributed by atoms with Crippen molar-refractivity contribution in [3.63, 3.8) is 0 Å². The van der Waals surface area contributed by atoms with E-state index in [4.69, 9.17) is 25.8 Å². The van der Waals surface area contributed by atoms with E-state index in [-0.39, 0.29) is 25.4 Å². The van der Waals surface area contributed by atoms with Crippen molar-refractivity contribution in [2.45, 2.75) is 31.0 Å². The van der Waals surface area contributed by atoms with Crippen molar-refractivity contribution in [1.29, 1.82) is 0 Å². The van der Waals surface area contributed by atoms with Crippen molar-refractivity contribution in [2.24, 2.45) is 0 Å². The average Bonchev–Trinajstić information content (AvgIpc) is 3.30. The summed E-state index contributed by atoms with van der Waals surface area (Å²) < 4.78 is 15.4. The summed E-state index contributed by atoms with van der Waals surface area (Å²) in [7, 11) is 1.24. The summed E-state index contributed by atoms with van der Waals surface area (Å²) in [5.41, 5.74) is 3.30. The van der Waals surface area contributed by atoms with Crippen LogP contribution in [0.15, 0.2) is 48.5 Å². The van der Waals surface area contributed by atoms with Crippen molar-refractivity contribution in [2.75, 3.05) is 13.7 Å². The van der Waals surface area contributed by atoms with E-state index in [1.807, 2.05) is 48.5 Å². The SMILES string of the molecule is COC(=O)[C@@H]1CC[C@@H](OC(=O)Cl)N1C(=O)OCC1c2ccccc2-c2ccccc21. The van der Waals surface area contributed by atoms with Crippen LogP contribution < -0.4 is 0 Å². The van der Waals surface area contributed by atoms with Crippen LogP contribution in [0.4, 0.5) is 9.59 Å². The lowest BCUT2D eigenvalue weighted by Crippen LogP contribution is -2.47. The lowest BCUT2D eigenvalue weighted by atomic mass is 9.98. The molecule has 4 rings (SSSR count). The number of rotatable bonds is 4. The summed E-state index contributed by atoms with van der Waals surface area (Å²) in [5, 5.41) is 0. The molecule has 1 saturated heterocycles. The normalized spacial score (nSPS) is 19.7. The third kappa shape index (κ3) is 3.61. The molecule has 1 aliphatic carbocycles. The number of hydrogen-bond acceptors (Lipinski definition) is 6. The minimum Gasteiger partial charge on any atom is -0.467 e. The number of benzene rings is 2. The molecule has 30 heavy (non-hydrogen) atoms. The number of likely N-dealkylation sites (tertiary alicyclic amines) is 1. The number of hydrogen-bond donors (Lipinski definition) is 0. The van der Waals surface area contributed by atoms with Gasteiger partial charge in [-0.25, -0.2) is 14.4 Å². The van der Waals surface area contributed by atoms with E-state index in [1.165, 1.54) is 7.11 Å². The van der Waals surface area contributed by atoms with Crippen LogP contribution in [0.5, 0.6) is 0 Å². The van der Waals surface area contributed by atoms with Crippen molar-refractivity contribution in [3.8, 4) is 11.1 Å². The Kier molecular flexibility index (Phi) is 5.63. The molecule has 0 bridgehead atoms. The average molecular weight is 430 g/mol. The second kappa shape index (κ2) is 8.36. The number of fused-ring (bicyclic) bond motifs is 3. The Hall–Kier alpha value is -3.06. The van der Waals surface area contributed by atoms with Crippen molar-refractivity contribution >= 4 is 29.1 Å². The van der Waals surface area contributed by atoms with Gasteiger partial charge in [-0.15, -0.1) is 0 Å². The molecule has 0 unspecified atom stereocenters. The van der Waals surface area contributed by atoms with E-state index in [0.717, 1.165) is 27.2 Å². The number of ether oxygens (including phenoxy) is 3. The summed E-state index contributed by atoms with van der Waals surface area (Å²) in [6.07, 6.45) is -1.18. The largest absolute Gasteiger partial charge is 0.467 e. The van der Waals surface area contributed by atoms with Crippen molar-refractivity contribution < 1.29 is 28.6 Å². The predicted octanol–water partition coefficient (Wildman–Crippen LogP) is 4.27. The van der Waals surface area contributed by atoms with Gasteiger partial charge in [0.2, 0.25) is 0 Å². The highest BCUT2D eigenvalue weighted by Crippen LogP contribution is 2.44. The van der Waals surface area contributed by atoms with Gasteiger partial charge in [0.25, 0.3) is 0 Å². The molecule has 2 aromatic rings. The maximum Gasteiger partial charge on any atom is 0.413 e. The quantitative estimate of drug-likeness (QED) is 0.410. The molecule has 1 amide bonds. The van der Waals surface area contributed by atoms with E-state index in [2.05, 4.69) is 0 Å². The topological polar surface area (TPSA) is 82.1 Å². The number of amides is 1. The van der Waals surface area contributed by atoms with Crippen LogP contribution >= 0.6 is 11.6 Å². The molecule has 0 spiro atoms. The fourth-order valence-corrected chi connectivity index (χ4v) is 4.39. The molecule has 1 aliphatic heterocycles. The van der Waals surface area contributed by atoms with Crippen LogP contribution in [-0.4, -0.2) is 48.4 Å². The van der Waals surface area contributed by atoms with E-state index in [0.29, 0.717) is 0 Å². The predicted molar refractivity (Wildman–Crippen MR) is 108 cm³/mol. The Morgan fingerprint density at radius 1 is 1.00 bits per heavy atom. The standard InChI is InChI=1S/C22H20ClNO6/c1-28-20(25)18-10-11-19(30-21(23)26)24(18)22(27)29-12-17-15-8-4-2-6-13(15)14-7-3-5-9-16(14)17/h2-9,17-19H,10-12H2,1H3/t18-,19+/m0/s1. The summed E-state index contributed by atoms with van der Waals surface area (Å²) in [6.45, 7) is 0.0821. The van der Waals surface area contributed by atoms with Crippen LogP contribution in [0, 0.1) is 0 Å². The van der Waals surface area contributed by atoms with Gasteiger partial charge >= 0.3 is 17.5 Å². The summed E-state index contributed by atoms with van der Waals surface area (Å²) >= 11 is 5.33. The molecule has 0 saturated carbocycles. The minimum absolute atomic E-state index is 0.0821. The maximum absolute atomic E-state index is 12.9. The van der Waals surface area contributed by atoms with Gasteiger partial charge in [0.1, 0.15) is 12.6 Å². The smallest absolute Gasteiger partial charge is 0.413 e. The first kappa shape index (κ1) is 20.2. The lowest BCUT2D eigenvalue weighted by molar-refractivity contribution is -0.147. The Balaban J connectivity index is 1.54. The monoisotopic (exact) mass is 429 g/mol. The van der Waals surface area contributed by atoms with Crippen molar-refractivity contribution in [1.82, 2.24) is 4.90 Å². The van der Waals surface area contributed by atoms with E-state index >= 15 is 0 Å². The molecule has 0 radical (unpaired) electrons. The van der Waals surface area contributed by atoms with Gasteiger partial charge in [-0.3, -0.25) is 4.90 Å². The number of esters is 1. The Bertz CT molecular complexity index is 948. The van der Waals surface area contributed by atoms with Gasteiger partial charge in [0.15, 0.2) is 6.23 Å². The number of halogens is 1. The number of carbonyl (C=O) groups is 3. The fraction of sp³-hybridized carbons (Fsp3) is 0.318. The molecule has 2 aromatic carbocycles. The zero-order chi connectivity index (χ0) is 21.3. The molecular formula is C22H20ClNO6. The minimum atomic E-state index is -1.05. The molecule has 0 N–H and O–H groups in total. The second-order valence-electron chi connectivity index (χ2n) is 7.14. The molecular weight excluding hydrogens is 410 g/mol. The molecule has 0 aromatic heterocycles. The summed E-state index contributed by atoms with van der Waals surface area (Å²) in [5.74, 6) is -0.730. The van der Waals surface area contributed by atoms with Gasteiger partial charge in [0.05, 0.1) is 7.11 Å². The van der Waals surface area contributed by atoms with E-state index in [1.54, 1.807) is 0 Å². The highest BCUT2D eigenvalue weighted by Gasteiger charge is 2.45. The summed E-state index contributed by atoms with van der Waals surface area (Å²) in [4.78, 5) is 37.3. The van der Waals surface area contributed by atoms with Gasteiger partial charge in [-0.2, -0.15) is 0 Å². The molecule has 7 nitrogen and oxygen atoms in total. The van der Waals surface area contributed by atoms with Crippen LogP contribution in [0.1, 0.15) is 29.9 Å². The van der Waals surface area contributed by atoms with Crippen LogP contribution in [0.2, 0.25) is 0 Å². The third-order valence-corrected chi connectivity index (χ3v) is 5.67. The molecule has 2 atom stereocenters. The van der Waals surface area contributed by atoms with Crippen molar-refractivity contribution in [3.05, 3.63) is 59.7 Å². The zero-order valence-corrected chi connectivity index (χ0v) is 17.0. The number of nitrogens with zero attached hydrogens (tertiary/aromatic N) is 1. The Morgan fingerprint density at radius 2 is 1.60 bits per heavy atom. The van der Waals surface area contributed by atoms with Gasteiger partial charge in [0, 0.05) is 23.9 Å². The maximum atomic E-state index is 12.9. The van der Waals surface area contributed by atoms with Crippen LogP contribution in [0.25, 0.3) is 11.1 Å². The fourth-order valence-electron chi connectivity index (χ4n) is 4.28. The molecule has 156 valence electrons. The van der Waals surface area contributed by atoms with E-state index in [9.17, 15) is 14.4 Å². The molecule has 2 aliphatic rings. The first-order chi connectivity index (χ1) is 14.5. The van der Waals surface area contributed by atoms with Gasteiger partial charge in [-0.1, -0.05) is 48.5 Å². The molecule has 1 heterocycles. The number of methoxy groups -OCH3 is 1.